The Labute approximate surface area is 153 Å². The van der Waals surface area contributed by atoms with Crippen LogP contribution in [0.2, 0.25) is 0 Å². The van der Waals surface area contributed by atoms with Gasteiger partial charge in [0, 0.05) is 19.5 Å². The van der Waals surface area contributed by atoms with E-state index in [0.717, 1.165) is 5.56 Å². The van der Waals surface area contributed by atoms with E-state index in [2.05, 4.69) is 4.98 Å². The average Bonchev–Trinajstić information content (AvgIpc) is 3.08. The van der Waals surface area contributed by atoms with Crippen LogP contribution in [-0.4, -0.2) is 27.1 Å². The Morgan fingerprint density at radius 2 is 1.73 bits per heavy atom. The molecule has 0 aliphatic carbocycles. The number of benzene rings is 2. The molecule has 1 aromatic heterocycles. The Balaban J connectivity index is 1.84. The molecule has 1 heterocycles. The summed E-state index contributed by atoms with van der Waals surface area (Å²) in [4.78, 5) is 4.45. The van der Waals surface area contributed by atoms with Gasteiger partial charge in [-0.05, 0) is 43.3 Å². The summed E-state index contributed by atoms with van der Waals surface area (Å²) in [6, 6.07) is 13.5. The van der Waals surface area contributed by atoms with Crippen molar-refractivity contribution in [3.63, 3.8) is 0 Å². The number of aryl methyl sites for hydroxylation is 1. The summed E-state index contributed by atoms with van der Waals surface area (Å²) in [7, 11) is -2.13. The first-order valence-electron chi connectivity index (χ1n) is 8.16. The molecule has 0 amide bonds. The Bertz CT molecular complexity index is 977. The predicted octanol–water partition coefficient (Wildman–Crippen LogP) is 3.87. The lowest BCUT2D eigenvalue weighted by Gasteiger charge is -2.20. The van der Waals surface area contributed by atoms with Crippen LogP contribution in [0.25, 0.3) is 11.3 Å². The van der Waals surface area contributed by atoms with Crippen molar-refractivity contribution in [2.75, 3.05) is 18.0 Å². The van der Waals surface area contributed by atoms with E-state index in [0.29, 0.717) is 29.6 Å². The van der Waals surface area contributed by atoms with E-state index in [-0.39, 0.29) is 4.90 Å². The number of nitrogens with zero attached hydrogens (tertiary/aromatic N) is 2. The monoisotopic (exact) mass is 372 g/mol. The predicted molar refractivity (Wildman–Crippen MR) is 99.9 cm³/mol. The number of rotatable bonds is 6. The van der Waals surface area contributed by atoms with Gasteiger partial charge in [-0.25, -0.2) is 13.4 Å². The third kappa shape index (κ3) is 3.57. The molecule has 0 spiro atoms. The molecule has 0 radical (unpaired) electrons. The minimum absolute atomic E-state index is 0.206. The lowest BCUT2D eigenvalue weighted by atomic mass is 10.2. The number of aromatic nitrogens is 1. The van der Waals surface area contributed by atoms with Crippen LogP contribution in [0.4, 0.5) is 5.69 Å². The SMILES string of the molecule is CCOc1ccc(N(C)S(=O)(=O)c2ccc(-c3coc(C)n3)cc2)cc1. The summed E-state index contributed by atoms with van der Waals surface area (Å²) in [6.07, 6.45) is 1.55. The van der Waals surface area contributed by atoms with Crippen molar-refractivity contribution in [3.05, 3.63) is 60.7 Å². The molecule has 136 valence electrons. The van der Waals surface area contributed by atoms with Gasteiger partial charge < -0.3 is 9.15 Å². The van der Waals surface area contributed by atoms with E-state index in [1.165, 1.54) is 11.4 Å². The third-order valence-corrected chi connectivity index (χ3v) is 5.74. The van der Waals surface area contributed by atoms with Gasteiger partial charge >= 0.3 is 0 Å². The van der Waals surface area contributed by atoms with Crippen molar-refractivity contribution in [3.8, 4) is 17.0 Å². The zero-order chi connectivity index (χ0) is 18.7. The molecular weight excluding hydrogens is 352 g/mol. The summed E-state index contributed by atoms with van der Waals surface area (Å²) in [5.41, 5.74) is 2.03. The fraction of sp³-hybridized carbons (Fsp3) is 0.211. The molecule has 0 saturated heterocycles. The van der Waals surface area contributed by atoms with Crippen molar-refractivity contribution < 1.29 is 17.6 Å². The van der Waals surface area contributed by atoms with Crippen LogP contribution in [-0.2, 0) is 10.0 Å². The highest BCUT2D eigenvalue weighted by molar-refractivity contribution is 7.92. The van der Waals surface area contributed by atoms with E-state index in [1.54, 1.807) is 61.7 Å². The van der Waals surface area contributed by atoms with E-state index in [9.17, 15) is 8.42 Å². The number of oxazole rings is 1. The van der Waals surface area contributed by atoms with Gasteiger partial charge in [-0.1, -0.05) is 12.1 Å². The molecule has 0 unspecified atom stereocenters. The topological polar surface area (TPSA) is 72.6 Å². The van der Waals surface area contributed by atoms with E-state index in [1.807, 2.05) is 6.92 Å². The molecule has 0 bridgehead atoms. The summed E-state index contributed by atoms with van der Waals surface area (Å²) < 4.78 is 37.5. The molecule has 0 saturated carbocycles. The maximum atomic E-state index is 12.9. The first kappa shape index (κ1) is 18.0. The second kappa shape index (κ2) is 7.21. The Hall–Kier alpha value is -2.80. The van der Waals surface area contributed by atoms with Gasteiger partial charge in [0.05, 0.1) is 17.2 Å². The van der Waals surface area contributed by atoms with Crippen molar-refractivity contribution in [2.24, 2.45) is 0 Å². The maximum absolute atomic E-state index is 12.9. The van der Waals surface area contributed by atoms with Crippen LogP contribution in [0.5, 0.6) is 5.75 Å². The smallest absolute Gasteiger partial charge is 0.264 e. The fourth-order valence-corrected chi connectivity index (χ4v) is 3.71. The zero-order valence-corrected chi connectivity index (χ0v) is 15.7. The Kier molecular flexibility index (Phi) is 4.99. The van der Waals surface area contributed by atoms with Crippen molar-refractivity contribution >= 4 is 15.7 Å². The largest absolute Gasteiger partial charge is 0.494 e. The van der Waals surface area contributed by atoms with E-state index < -0.39 is 10.0 Å². The summed E-state index contributed by atoms with van der Waals surface area (Å²) >= 11 is 0. The second-order valence-corrected chi connectivity index (χ2v) is 7.64. The first-order valence-corrected chi connectivity index (χ1v) is 9.60. The first-order chi connectivity index (χ1) is 12.4. The minimum Gasteiger partial charge on any atom is -0.494 e. The normalized spacial score (nSPS) is 11.3. The highest BCUT2D eigenvalue weighted by atomic mass is 32.2. The maximum Gasteiger partial charge on any atom is 0.264 e. The number of anilines is 1. The molecule has 7 heteroatoms. The van der Waals surface area contributed by atoms with Crippen molar-refractivity contribution in [1.29, 1.82) is 0 Å². The highest BCUT2D eigenvalue weighted by Gasteiger charge is 2.21. The van der Waals surface area contributed by atoms with Crippen LogP contribution >= 0.6 is 0 Å². The van der Waals surface area contributed by atoms with Gasteiger partial charge in [0.15, 0.2) is 5.89 Å². The van der Waals surface area contributed by atoms with Crippen LogP contribution < -0.4 is 9.04 Å². The molecular formula is C19H20N2O4S. The lowest BCUT2D eigenvalue weighted by Crippen LogP contribution is -2.26. The standard InChI is InChI=1S/C19H20N2O4S/c1-4-24-17-9-7-16(8-10-17)21(3)26(22,23)18-11-5-15(6-12-18)19-13-25-14(2)20-19/h5-13H,4H2,1-3H3. The summed E-state index contributed by atoms with van der Waals surface area (Å²) in [6.45, 7) is 4.22. The van der Waals surface area contributed by atoms with Crippen molar-refractivity contribution in [1.82, 2.24) is 4.98 Å². The van der Waals surface area contributed by atoms with Gasteiger partial charge in [-0.15, -0.1) is 0 Å². The van der Waals surface area contributed by atoms with Gasteiger partial charge in [0.25, 0.3) is 10.0 Å². The average molecular weight is 372 g/mol. The minimum atomic E-state index is -3.66. The number of ether oxygens (including phenoxy) is 1. The molecule has 3 aromatic rings. The molecule has 0 aliphatic rings. The molecule has 0 fully saturated rings. The number of sulfonamides is 1. The van der Waals surface area contributed by atoms with Gasteiger partial charge in [-0.3, -0.25) is 4.31 Å². The quantitative estimate of drug-likeness (QED) is 0.657. The molecule has 0 atom stereocenters. The summed E-state index contributed by atoms with van der Waals surface area (Å²) in [5, 5.41) is 0. The summed E-state index contributed by atoms with van der Waals surface area (Å²) in [5.74, 6) is 1.27. The lowest BCUT2D eigenvalue weighted by molar-refractivity contribution is 0.340. The van der Waals surface area contributed by atoms with E-state index in [4.69, 9.17) is 9.15 Å². The van der Waals surface area contributed by atoms with Gasteiger partial charge in [0.1, 0.15) is 17.7 Å². The Morgan fingerprint density at radius 1 is 1.08 bits per heavy atom. The molecule has 6 nitrogen and oxygen atoms in total. The fourth-order valence-electron chi connectivity index (χ4n) is 2.51. The third-order valence-electron chi connectivity index (χ3n) is 3.94. The molecule has 0 N–H and O–H groups in total. The van der Waals surface area contributed by atoms with Crippen LogP contribution in [0, 0.1) is 6.92 Å². The molecule has 2 aromatic carbocycles. The Morgan fingerprint density at radius 3 is 2.27 bits per heavy atom. The van der Waals surface area contributed by atoms with Crippen LogP contribution in [0.3, 0.4) is 0 Å². The van der Waals surface area contributed by atoms with Gasteiger partial charge in [-0.2, -0.15) is 0 Å². The van der Waals surface area contributed by atoms with Crippen LogP contribution in [0.1, 0.15) is 12.8 Å². The molecule has 3 rings (SSSR count). The van der Waals surface area contributed by atoms with Crippen molar-refractivity contribution in [2.45, 2.75) is 18.7 Å². The molecule has 0 aliphatic heterocycles. The second-order valence-electron chi connectivity index (χ2n) is 5.68. The highest BCUT2D eigenvalue weighted by Crippen LogP contribution is 2.26. The number of hydrogen-bond acceptors (Lipinski definition) is 5. The zero-order valence-electron chi connectivity index (χ0n) is 14.8. The van der Waals surface area contributed by atoms with Gasteiger partial charge in [0.2, 0.25) is 0 Å². The molecule has 26 heavy (non-hydrogen) atoms. The van der Waals surface area contributed by atoms with Crippen LogP contribution in [0.15, 0.2) is 64.1 Å². The van der Waals surface area contributed by atoms with E-state index >= 15 is 0 Å². The number of hydrogen-bond donors (Lipinski definition) is 0.